The third-order valence-electron chi connectivity index (χ3n) is 2.49. The molecule has 108 valence electrons. The summed E-state index contributed by atoms with van der Waals surface area (Å²) in [5, 5.41) is 2.96. The van der Waals surface area contributed by atoms with E-state index in [1.54, 1.807) is 19.1 Å². The summed E-state index contributed by atoms with van der Waals surface area (Å²) in [4.78, 5) is 9.85. The Bertz CT molecular complexity index is 371. The molecule has 1 N–H and O–H groups in total. The van der Waals surface area contributed by atoms with Gasteiger partial charge in [0.05, 0.1) is 19.4 Å². The number of methoxy groups -OCH3 is 2. The van der Waals surface area contributed by atoms with Crippen LogP contribution in [0.4, 0.5) is 16.2 Å². The Labute approximate surface area is 112 Å². The minimum Gasteiger partial charge on any atom is -0.383 e. The Kier molecular flexibility index (Phi) is 7.06. The van der Waals surface area contributed by atoms with Crippen LogP contribution in [0.5, 0.6) is 0 Å². The summed E-state index contributed by atoms with van der Waals surface area (Å²) in [6.45, 7) is 4.67. The summed E-state index contributed by atoms with van der Waals surface area (Å²) in [5.74, 6) is 0.229. The smallest absolute Gasteiger partial charge is 0.224 e. The summed E-state index contributed by atoms with van der Waals surface area (Å²) in [5.41, 5.74) is 0. The number of nitrogens with one attached hydrogen (secondary N) is 1. The van der Waals surface area contributed by atoms with E-state index in [0.717, 1.165) is 0 Å². The normalized spacial score (nSPS) is 10.5. The van der Waals surface area contributed by atoms with Gasteiger partial charge in [-0.05, 0) is 6.92 Å². The zero-order valence-electron chi connectivity index (χ0n) is 11.6. The number of rotatable bonds is 9. The Hall–Kier alpha value is -1.47. The van der Waals surface area contributed by atoms with E-state index in [1.807, 2.05) is 6.92 Å². The summed E-state index contributed by atoms with van der Waals surface area (Å²) in [6.07, 6.45) is 1.17. The van der Waals surface area contributed by atoms with Crippen LogP contribution in [0.3, 0.4) is 0 Å². The van der Waals surface area contributed by atoms with Crippen molar-refractivity contribution < 1.29 is 13.9 Å². The van der Waals surface area contributed by atoms with E-state index in [9.17, 15) is 4.39 Å². The van der Waals surface area contributed by atoms with Crippen LogP contribution in [0.2, 0.25) is 0 Å². The van der Waals surface area contributed by atoms with Crippen molar-refractivity contribution >= 4 is 11.8 Å². The van der Waals surface area contributed by atoms with Gasteiger partial charge in [-0.3, -0.25) is 0 Å². The van der Waals surface area contributed by atoms with E-state index in [1.165, 1.54) is 6.20 Å². The predicted octanol–water partition coefficient (Wildman–Crippen LogP) is 1.15. The molecular formula is C12H21FN4O2. The SMILES string of the molecule is CCNc1ncc(F)c(N(CCOC)CCOC)n1. The van der Waals surface area contributed by atoms with Gasteiger partial charge in [-0.15, -0.1) is 0 Å². The molecule has 0 spiro atoms. The Morgan fingerprint density at radius 3 is 2.42 bits per heavy atom. The Balaban J connectivity index is 2.87. The summed E-state index contributed by atoms with van der Waals surface area (Å²) in [7, 11) is 3.21. The van der Waals surface area contributed by atoms with Crippen LogP contribution >= 0.6 is 0 Å². The monoisotopic (exact) mass is 272 g/mol. The van der Waals surface area contributed by atoms with E-state index in [2.05, 4.69) is 15.3 Å². The van der Waals surface area contributed by atoms with Crippen molar-refractivity contribution in [2.24, 2.45) is 0 Å². The first-order chi connectivity index (χ1) is 9.22. The molecule has 0 aliphatic rings. The molecule has 19 heavy (non-hydrogen) atoms. The highest BCUT2D eigenvalue weighted by atomic mass is 19.1. The molecule has 1 aromatic rings. The largest absolute Gasteiger partial charge is 0.383 e. The molecule has 7 heteroatoms. The van der Waals surface area contributed by atoms with E-state index < -0.39 is 5.82 Å². The van der Waals surface area contributed by atoms with Crippen LogP contribution in [-0.2, 0) is 9.47 Å². The molecule has 0 aromatic carbocycles. The maximum atomic E-state index is 13.8. The quantitative estimate of drug-likeness (QED) is 0.727. The van der Waals surface area contributed by atoms with Gasteiger partial charge in [0.15, 0.2) is 11.6 Å². The second-order valence-electron chi connectivity index (χ2n) is 3.87. The molecule has 0 fully saturated rings. The second kappa shape index (κ2) is 8.60. The van der Waals surface area contributed by atoms with Gasteiger partial charge in [-0.2, -0.15) is 4.98 Å². The molecule has 1 rings (SSSR count). The van der Waals surface area contributed by atoms with Crippen LogP contribution < -0.4 is 10.2 Å². The molecule has 1 heterocycles. The molecule has 0 radical (unpaired) electrons. The standard InChI is InChI=1S/C12H21FN4O2/c1-4-14-12-15-9-10(13)11(16-12)17(5-7-18-2)6-8-19-3/h9H,4-8H2,1-3H3,(H,14,15,16). The van der Waals surface area contributed by atoms with Crippen LogP contribution in [0.25, 0.3) is 0 Å². The molecule has 0 bridgehead atoms. The number of hydrogen-bond acceptors (Lipinski definition) is 6. The zero-order chi connectivity index (χ0) is 14.1. The van der Waals surface area contributed by atoms with Crippen molar-refractivity contribution in [1.29, 1.82) is 0 Å². The van der Waals surface area contributed by atoms with Gasteiger partial charge in [0, 0.05) is 33.9 Å². The Morgan fingerprint density at radius 2 is 1.89 bits per heavy atom. The average molecular weight is 272 g/mol. The molecular weight excluding hydrogens is 251 g/mol. The number of anilines is 2. The third kappa shape index (κ3) is 4.96. The van der Waals surface area contributed by atoms with Gasteiger partial charge in [0.25, 0.3) is 0 Å². The van der Waals surface area contributed by atoms with Crippen LogP contribution in [-0.4, -0.2) is 57.0 Å². The highest BCUT2D eigenvalue weighted by Crippen LogP contribution is 2.17. The van der Waals surface area contributed by atoms with Gasteiger partial charge in [-0.25, -0.2) is 9.37 Å². The molecule has 0 saturated heterocycles. The van der Waals surface area contributed by atoms with E-state index in [0.29, 0.717) is 38.8 Å². The first-order valence-corrected chi connectivity index (χ1v) is 6.22. The lowest BCUT2D eigenvalue weighted by molar-refractivity contribution is 0.189. The molecule has 1 aromatic heterocycles. The molecule has 0 saturated carbocycles. The lowest BCUT2D eigenvalue weighted by Gasteiger charge is -2.23. The van der Waals surface area contributed by atoms with E-state index in [4.69, 9.17) is 9.47 Å². The molecule has 0 amide bonds. The van der Waals surface area contributed by atoms with Crippen molar-refractivity contribution in [3.63, 3.8) is 0 Å². The number of hydrogen-bond donors (Lipinski definition) is 1. The number of nitrogens with zero attached hydrogens (tertiary/aromatic N) is 3. The number of halogens is 1. The second-order valence-corrected chi connectivity index (χ2v) is 3.87. The molecule has 0 aliphatic heterocycles. The zero-order valence-corrected chi connectivity index (χ0v) is 11.6. The minimum atomic E-state index is -0.450. The van der Waals surface area contributed by atoms with Crippen molar-refractivity contribution in [2.45, 2.75) is 6.92 Å². The van der Waals surface area contributed by atoms with Crippen molar-refractivity contribution in [3.05, 3.63) is 12.0 Å². The summed E-state index contributed by atoms with van der Waals surface area (Å²) >= 11 is 0. The van der Waals surface area contributed by atoms with Gasteiger partial charge >= 0.3 is 0 Å². The molecule has 0 unspecified atom stereocenters. The van der Waals surface area contributed by atoms with Crippen LogP contribution in [0.1, 0.15) is 6.92 Å². The fraction of sp³-hybridized carbons (Fsp3) is 0.667. The maximum Gasteiger partial charge on any atom is 0.224 e. The Morgan fingerprint density at radius 1 is 1.26 bits per heavy atom. The first kappa shape index (κ1) is 15.6. The van der Waals surface area contributed by atoms with Crippen molar-refractivity contribution in [1.82, 2.24) is 9.97 Å². The predicted molar refractivity (Wildman–Crippen MR) is 72.1 cm³/mol. The topological polar surface area (TPSA) is 59.5 Å². The lowest BCUT2D eigenvalue weighted by atomic mass is 10.4. The lowest BCUT2D eigenvalue weighted by Crippen LogP contribution is -2.32. The minimum absolute atomic E-state index is 0.264. The number of ether oxygens (including phenoxy) is 2. The first-order valence-electron chi connectivity index (χ1n) is 6.22. The fourth-order valence-electron chi connectivity index (χ4n) is 1.55. The maximum absolute atomic E-state index is 13.8. The van der Waals surface area contributed by atoms with Gasteiger partial charge in [0.2, 0.25) is 5.95 Å². The summed E-state index contributed by atoms with van der Waals surface area (Å²) in [6, 6.07) is 0. The highest BCUT2D eigenvalue weighted by molar-refractivity contribution is 5.43. The van der Waals surface area contributed by atoms with Crippen molar-refractivity contribution in [3.8, 4) is 0 Å². The van der Waals surface area contributed by atoms with Gasteiger partial charge < -0.3 is 19.7 Å². The fourth-order valence-corrected chi connectivity index (χ4v) is 1.55. The molecule has 0 atom stereocenters. The van der Waals surface area contributed by atoms with Crippen molar-refractivity contribution in [2.75, 3.05) is 57.3 Å². The average Bonchev–Trinajstić information content (AvgIpc) is 2.42. The van der Waals surface area contributed by atoms with Gasteiger partial charge in [0.1, 0.15) is 0 Å². The van der Waals surface area contributed by atoms with E-state index >= 15 is 0 Å². The van der Waals surface area contributed by atoms with E-state index in [-0.39, 0.29) is 5.82 Å². The number of aromatic nitrogens is 2. The van der Waals surface area contributed by atoms with Gasteiger partial charge in [-0.1, -0.05) is 0 Å². The van der Waals surface area contributed by atoms with Crippen LogP contribution in [0, 0.1) is 5.82 Å². The molecule has 6 nitrogen and oxygen atoms in total. The highest BCUT2D eigenvalue weighted by Gasteiger charge is 2.14. The summed E-state index contributed by atoms with van der Waals surface area (Å²) < 4.78 is 23.9. The third-order valence-corrected chi connectivity index (χ3v) is 2.49. The molecule has 0 aliphatic carbocycles. The van der Waals surface area contributed by atoms with Crippen LogP contribution in [0.15, 0.2) is 6.20 Å².